The number of fused-ring (bicyclic) bond motifs is 1. The van der Waals surface area contributed by atoms with Crippen molar-refractivity contribution in [2.24, 2.45) is 10.8 Å². The fourth-order valence-electron chi connectivity index (χ4n) is 4.05. The molecule has 0 aliphatic heterocycles. The second kappa shape index (κ2) is 6.18. The van der Waals surface area contributed by atoms with Gasteiger partial charge in [-0.25, -0.2) is 0 Å². The van der Waals surface area contributed by atoms with Gasteiger partial charge in [0, 0.05) is 19.3 Å². The maximum Gasteiger partial charge on any atom is 0.155 e. The van der Waals surface area contributed by atoms with Crippen LogP contribution in [0.4, 0.5) is 0 Å². The number of ketones is 2. The van der Waals surface area contributed by atoms with E-state index in [9.17, 15) is 9.59 Å². The zero-order valence-electron chi connectivity index (χ0n) is 13.6. The Labute approximate surface area is 128 Å². The molecule has 2 aliphatic carbocycles. The number of rotatable bonds is 4. The van der Waals surface area contributed by atoms with E-state index in [1.165, 1.54) is 5.57 Å². The Morgan fingerprint density at radius 2 is 2.10 bits per heavy atom. The highest BCUT2D eigenvalue weighted by Crippen LogP contribution is 2.56. The third-order valence-corrected chi connectivity index (χ3v) is 5.32. The van der Waals surface area contributed by atoms with E-state index in [4.69, 9.17) is 0 Å². The van der Waals surface area contributed by atoms with Crippen LogP contribution in [0, 0.1) is 22.7 Å². The molecule has 0 N–H and O–H groups in total. The fraction of sp³-hybridized carbons (Fsp3) is 0.684. The summed E-state index contributed by atoms with van der Waals surface area (Å²) < 4.78 is 0. The lowest BCUT2D eigenvalue weighted by Gasteiger charge is -2.48. The van der Waals surface area contributed by atoms with Gasteiger partial charge in [-0.2, -0.15) is 0 Å². The Morgan fingerprint density at radius 1 is 1.33 bits per heavy atom. The van der Waals surface area contributed by atoms with Crippen LogP contribution in [0.2, 0.25) is 0 Å². The van der Waals surface area contributed by atoms with Crippen LogP contribution in [-0.2, 0) is 9.59 Å². The quantitative estimate of drug-likeness (QED) is 0.725. The lowest BCUT2D eigenvalue weighted by Crippen LogP contribution is -2.40. The molecule has 0 unspecified atom stereocenters. The highest BCUT2D eigenvalue weighted by molar-refractivity contribution is 5.92. The molecule has 2 nitrogen and oxygen atoms in total. The van der Waals surface area contributed by atoms with Crippen molar-refractivity contribution in [3.63, 3.8) is 0 Å². The molecule has 0 spiro atoms. The second-order valence-electron chi connectivity index (χ2n) is 6.79. The summed E-state index contributed by atoms with van der Waals surface area (Å²) in [7, 11) is 0. The first-order valence-electron chi connectivity index (χ1n) is 8.17. The molecular weight excluding hydrogens is 260 g/mol. The highest BCUT2D eigenvalue weighted by Gasteiger charge is 2.47. The Balaban J connectivity index is 2.34. The van der Waals surface area contributed by atoms with Crippen molar-refractivity contribution in [2.75, 3.05) is 0 Å². The van der Waals surface area contributed by atoms with Crippen LogP contribution in [0.1, 0.15) is 72.1 Å². The summed E-state index contributed by atoms with van der Waals surface area (Å²) in [6, 6.07) is 0. The summed E-state index contributed by atoms with van der Waals surface area (Å²) >= 11 is 0. The molecule has 0 aromatic rings. The molecule has 0 aromatic carbocycles. The van der Waals surface area contributed by atoms with Crippen LogP contribution in [0.15, 0.2) is 11.6 Å². The summed E-state index contributed by atoms with van der Waals surface area (Å²) in [4.78, 5) is 23.7. The Hall–Kier alpha value is -1.36. The SMILES string of the molecule is CC#C[C@@]12CCC[C@](C)(CCC(=O)CC)C1=CC(=O)CC2. The molecule has 2 heteroatoms. The summed E-state index contributed by atoms with van der Waals surface area (Å²) in [5, 5.41) is 0. The molecular formula is C19H26O2. The first-order valence-corrected chi connectivity index (χ1v) is 8.17. The van der Waals surface area contributed by atoms with Crippen molar-refractivity contribution in [1.82, 2.24) is 0 Å². The second-order valence-corrected chi connectivity index (χ2v) is 6.79. The zero-order valence-corrected chi connectivity index (χ0v) is 13.6. The van der Waals surface area contributed by atoms with Gasteiger partial charge in [-0.05, 0) is 49.7 Å². The standard InChI is InChI=1S/C19H26O2/c1-4-9-19-11-6-10-18(3,12-7-15(20)5-2)17(19)14-16(21)8-13-19/h14H,5-8,10-13H2,1-3H3/t18-,19+/m1/s1. The van der Waals surface area contributed by atoms with Gasteiger partial charge in [0.25, 0.3) is 0 Å². The maximum absolute atomic E-state index is 12.0. The Kier molecular flexibility index (Phi) is 4.71. The molecule has 1 fully saturated rings. The number of hydrogen-bond donors (Lipinski definition) is 0. The smallest absolute Gasteiger partial charge is 0.155 e. The summed E-state index contributed by atoms with van der Waals surface area (Å²) in [5.41, 5.74) is 1.07. The van der Waals surface area contributed by atoms with Gasteiger partial charge in [0.15, 0.2) is 5.78 Å². The van der Waals surface area contributed by atoms with E-state index in [0.717, 1.165) is 32.1 Å². The predicted octanol–water partition coefficient (Wildman–Crippen LogP) is 4.23. The fourth-order valence-corrected chi connectivity index (χ4v) is 4.05. The maximum atomic E-state index is 12.0. The summed E-state index contributed by atoms with van der Waals surface area (Å²) in [6.07, 6.45) is 8.67. The average molecular weight is 286 g/mol. The minimum atomic E-state index is -0.106. The molecule has 0 radical (unpaired) electrons. The minimum Gasteiger partial charge on any atom is -0.300 e. The minimum absolute atomic E-state index is 0.0387. The molecule has 2 atom stereocenters. The average Bonchev–Trinajstić information content (AvgIpc) is 2.47. The van der Waals surface area contributed by atoms with Gasteiger partial charge in [0.2, 0.25) is 0 Å². The lowest BCUT2D eigenvalue weighted by molar-refractivity contribution is -0.119. The number of carbonyl (C=O) groups excluding carboxylic acids is 2. The topological polar surface area (TPSA) is 34.1 Å². The van der Waals surface area contributed by atoms with Gasteiger partial charge in [-0.3, -0.25) is 9.59 Å². The molecule has 0 amide bonds. The third kappa shape index (κ3) is 3.12. The first-order chi connectivity index (χ1) is 9.96. The van der Waals surface area contributed by atoms with Crippen molar-refractivity contribution in [3.8, 4) is 11.8 Å². The number of carbonyl (C=O) groups is 2. The van der Waals surface area contributed by atoms with Gasteiger partial charge in [-0.1, -0.05) is 26.2 Å². The van der Waals surface area contributed by atoms with Gasteiger partial charge < -0.3 is 0 Å². The molecule has 2 aliphatic rings. The van der Waals surface area contributed by atoms with Crippen LogP contribution in [0.5, 0.6) is 0 Å². The molecule has 0 aromatic heterocycles. The van der Waals surface area contributed by atoms with E-state index in [0.29, 0.717) is 25.0 Å². The Bertz CT molecular complexity index is 532. The van der Waals surface area contributed by atoms with Crippen LogP contribution in [0.25, 0.3) is 0 Å². The lowest BCUT2D eigenvalue weighted by atomic mass is 9.54. The van der Waals surface area contributed by atoms with E-state index in [1.807, 2.05) is 19.9 Å². The molecule has 1 saturated carbocycles. The van der Waals surface area contributed by atoms with Crippen molar-refractivity contribution in [3.05, 3.63) is 11.6 Å². The molecule has 2 rings (SSSR count). The summed E-state index contributed by atoms with van der Waals surface area (Å²) in [5.74, 6) is 7.06. The van der Waals surface area contributed by atoms with Gasteiger partial charge in [-0.15, -0.1) is 5.92 Å². The van der Waals surface area contributed by atoms with Crippen LogP contribution in [-0.4, -0.2) is 11.6 Å². The van der Waals surface area contributed by atoms with E-state index in [1.54, 1.807) is 0 Å². The van der Waals surface area contributed by atoms with Crippen LogP contribution < -0.4 is 0 Å². The van der Waals surface area contributed by atoms with Crippen molar-refractivity contribution >= 4 is 11.6 Å². The normalized spacial score (nSPS) is 31.8. The van der Waals surface area contributed by atoms with Crippen molar-refractivity contribution < 1.29 is 9.59 Å². The molecule has 21 heavy (non-hydrogen) atoms. The predicted molar refractivity (Wildman–Crippen MR) is 84.7 cm³/mol. The van der Waals surface area contributed by atoms with Crippen molar-refractivity contribution in [1.29, 1.82) is 0 Å². The summed E-state index contributed by atoms with van der Waals surface area (Å²) in [6.45, 7) is 6.03. The molecule has 114 valence electrons. The van der Waals surface area contributed by atoms with Gasteiger partial charge in [0.1, 0.15) is 5.78 Å². The van der Waals surface area contributed by atoms with Crippen LogP contribution >= 0.6 is 0 Å². The first kappa shape index (κ1) is 16.0. The van der Waals surface area contributed by atoms with Gasteiger partial charge >= 0.3 is 0 Å². The van der Waals surface area contributed by atoms with Gasteiger partial charge in [0.05, 0.1) is 5.41 Å². The number of hydrogen-bond acceptors (Lipinski definition) is 2. The third-order valence-electron chi connectivity index (χ3n) is 5.32. The molecule has 0 bridgehead atoms. The van der Waals surface area contributed by atoms with Crippen LogP contribution in [0.3, 0.4) is 0 Å². The number of allylic oxidation sites excluding steroid dienone is 2. The highest BCUT2D eigenvalue weighted by atomic mass is 16.1. The van der Waals surface area contributed by atoms with Crippen molar-refractivity contribution in [2.45, 2.75) is 72.1 Å². The van der Waals surface area contributed by atoms with E-state index in [2.05, 4.69) is 18.8 Å². The molecule has 0 saturated heterocycles. The monoisotopic (exact) mass is 286 g/mol. The zero-order chi connectivity index (χ0) is 15.5. The molecule has 0 heterocycles. The largest absolute Gasteiger partial charge is 0.300 e. The van der Waals surface area contributed by atoms with E-state index >= 15 is 0 Å². The van der Waals surface area contributed by atoms with E-state index < -0.39 is 0 Å². The van der Waals surface area contributed by atoms with E-state index in [-0.39, 0.29) is 16.6 Å². The Morgan fingerprint density at radius 3 is 2.76 bits per heavy atom. The number of Topliss-reactive ketones (excluding diaryl/α,β-unsaturated/α-hetero) is 1.